The number of thioether (sulfide) groups is 1. The van der Waals surface area contributed by atoms with Gasteiger partial charge in [-0.1, -0.05) is 48.5 Å². The van der Waals surface area contributed by atoms with Gasteiger partial charge in [-0.05, 0) is 29.4 Å². The van der Waals surface area contributed by atoms with Crippen molar-refractivity contribution in [3.8, 4) is 0 Å². The summed E-state index contributed by atoms with van der Waals surface area (Å²) in [6, 6.07) is 16.1. The Balaban J connectivity index is 1.87. The van der Waals surface area contributed by atoms with Gasteiger partial charge in [-0.2, -0.15) is 0 Å². The van der Waals surface area contributed by atoms with Crippen LogP contribution in [0.25, 0.3) is 0 Å². The van der Waals surface area contributed by atoms with Crippen LogP contribution >= 0.6 is 11.8 Å². The van der Waals surface area contributed by atoms with Crippen LogP contribution in [-0.4, -0.2) is 17.7 Å². The van der Waals surface area contributed by atoms with E-state index in [2.05, 4.69) is 22.8 Å². The largest absolute Gasteiger partial charge is 0.351 e. The van der Waals surface area contributed by atoms with Gasteiger partial charge in [0.25, 0.3) is 0 Å². The Morgan fingerprint density at radius 2 is 1.79 bits per heavy atom. The van der Waals surface area contributed by atoms with Crippen molar-refractivity contribution in [2.45, 2.75) is 23.4 Å². The molecular weight excluding hydrogens is 322 g/mol. The van der Waals surface area contributed by atoms with Gasteiger partial charge in [0.15, 0.2) is 0 Å². The van der Waals surface area contributed by atoms with Crippen molar-refractivity contribution in [3.63, 3.8) is 0 Å². The number of urea groups is 1. The van der Waals surface area contributed by atoms with Crippen LogP contribution in [0.3, 0.4) is 0 Å². The molecule has 0 saturated heterocycles. The number of carbonyl (C=O) groups excluding carboxylic acids is 2. The number of carbonyl (C=O) groups is 2. The lowest BCUT2D eigenvalue weighted by molar-refractivity contribution is -0.122. The Morgan fingerprint density at radius 3 is 2.54 bits per heavy atom. The van der Waals surface area contributed by atoms with Gasteiger partial charge >= 0.3 is 6.03 Å². The first-order valence-corrected chi connectivity index (χ1v) is 8.76. The van der Waals surface area contributed by atoms with Crippen molar-refractivity contribution in [3.05, 3.63) is 65.7 Å². The van der Waals surface area contributed by atoms with Crippen LogP contribution in [0.2, 0.25) is 0 Å². The lowest BCUT2D eigenvalue weighted by Crippen LogP contribution is -2.44. The highest BCUT2D eigenvalue weighted by Crippen LogP contribution is 2.37. The number of amides is 3. The van der Waals surface area contributed by atoms with Gasteiger partial charge < -0.3 is 5.73 Å². The predicted octanol–water partition coefficient (Wildman–Crippen LogP) is 2.75. The Kier molecular flexibility index (Phi) is 5.17. The van der Waals surface area contributed by atoms with Gasteiger partial charge in [0, 0.05) is 10.9 Å². The lowest BCUT2D eigenvalue weighted by Gasteiger charge is -2.29. The van der Waals surface area contributed by atoms with Gasteiger partial charge in [0.1, 0.15) is 6.04 Å². The summed E-state index contributed by atoms with van der Waals surface area (Å²) in [5.41, 5.74) is 7.10. The minimum absolute atomic E-state index is 0.0475. The van der Waals surface area contributed by atoms with Crippen molar-refractivity contribution in [2.24, 2.45) is 5.73 Å². The normalized spacial score (nSPS) is 17.6. The van der Waals surface area contributed by atoms with Gasteiger partial charge in [0.05, 0.1) is 0 Å². The van der Waals surface area contributed by atoms with E-state index in [1.54, 1.807) is 0 Å². The van der Waals surface area contributed by atoms with E-state index in [4.69, 9.17) is 5.73 Å². The molecule has 4 N–H and O–H groups in total. The number of hydrogen-bond acceptors (Lipinski definition) is 4. The molecule has 1 aliphatic rings. The summed E-state index contributed by atoms with van der Waals surface area (Å²) < 4.78 is 0. The second-order valence-electron chi connectivity index (χ2n) is 5.59. The Bertz CT molecular complexity index is 736. The molecule has 1 aliphatic heterocycles. The summed E-state index contributed by atoms with van der Waals surface area (Å²) in [5.74, 6) is 0.539. The van der Waals surface area contributed by atoms with Gasteiger partial charge in [-0.15, -0.1) is 11.8 Å². The summed E-state index contributed by atoms with van der Waals surface area (Å²) in [7, 11) is 0. The molecule has 0 fully saturated rings. The summed E-state index contributed by atoms with van der Waals surface area (Å²) >= 11 is 1.82. The highest BCUT2D eigenvalue weighted by atomic mass is 32.2. The highest BCUT2D eigenvalue weighted by Gasteiger charge is 2.28. The number of imide groups is 1. The molecule has 24 heavy (non-hydrogen) atoms. The minimum atomic E-state index is -0.845. The van der Waals surface area contributed by atoms with Crippen molar-refractivity contribution >= 4 is 23.7 Å². The molecule has 124 valence electrons. The number of nitrogens with two attached hydrogens (primary N) is 1. The van der Waals surface area contributed by atoms with E-state index < -0.39 is 18.0 Å². The monoisotopic (exact) mass is 341 g/mol. The number of nitrogens with one attached hydrogen (secondary N) is 2. The zero-order chi connectivity index (χ0) is 16.9. The van der Waals surface area contributed by atoms with E-state index in [1.807, 2.05) is 54.2 Å². The maximum Gasteiger partial charge on any atom is 0.318 e. The Hall–Kier alpha value is -2.31. The molecular formula is C18H19N3O2S. The Labute approximate surface area is 145 Å². The molecule has 0 radical (unpaired) electrons. The summed E-state index contributed by atoms with van der Waals surface area (Å²) in [6.07, 6.45) is 0.912. The molecule has 2 atom stereocenters. The molecule has 5 nitrogen and oxygen atoms in total. The van der Waals surface area contributed by atoms with E-state index in [9.17, 15) is 9.59 Å². The number of rotatable bonds is 4. The molecule has 0 spiro atoms. The molecule has 3 amide bonds. The standard InChI is InChI=1S/C18H19N3O2S/c19-18(23)21-17(22)16(12-6-2-1-3-7-12)20-14-10-11-24-15-9-5-4-8-13(14)15/h1-9,14,16,20H,10-11H2,(H3,19,21,22,23)/t14-,16+/m0/s1. The molecule has 0 saturated carbocycles. The molecule has 2 aromatic carbocycles. The zero-order valence-corrected chi connectivity index (χ0v) is 13.9. The van der Waals surface area contributed by atoms with E-state index in [0.717, 1.165) is 17.7 Å². The average Bonchev–Trinajstić information content (AvgIpc) is 2.60. The summed E-state index contributed by atoms with van der Waals surface area (Å²) in [5, 5.41) is 5.59. The molecule has 0 aliphatic carbocycles. The third-order valence-corrected chi connectivity index (χ3v) is 5.09. The first-order valence-electron chi connectivity index (χ1n) is 7.78. The molecule has 0 aromatic heterocycles. The third-order valence-electron chi connectivity index (χ3n) is 3.97. The average molecular weight is 341 g/mol. The maximum atomic E-state index is 12.5. The van der Waals surface area contributed by atoms with E-state index in [0.29, 0.717) is 0 Å². The fourth-order valence-corrected chi connectivity index (χ4v) is 4.00. The molecule has 0 unspecified atom stereocenters. The van der Waals surface area contributed by atoms with Crippen LogP contribution in [0.1, 0.15) is 29.6 Å². The molecule has 2 aromatic rings. The first kappa shape index (κ1) is 16.5. The van der Waals surface area contributed by atoms with Gasteiger partial charge in [-0.3, -0.25) is 15.4 Å². The summed E-state index contributed by atoms with van der Waals surface area (Å²) in [4.78, 5) is 24.8. The number of benzene rings is 2. The van der Waals surface area contributed by atoms with Crippen molar-refractivity contribution in [1.29, 1.82) is 0 Å². The number of fused-ring (bicyclic) bond motifs is 1. The highest BCUT2D eigenvalue weighted by molar-refractivity contribution is 7.99. The van der Waals surface area contributed by atoms with Crippen molar-refractivity contribution in [1.82, 2.24) is 10.6 Å². The van der Waals surface area contributed by atoms with E-state index in [-0.39, 0.29) is 6.04 Å². The number of primary amides is 1. The Morgan fingerprint density at radius 1 is 1.08 bits per heavy atom. The fraction of sp³-hybridized carbons (Fsp3) is 0.222. The lowest BCUT2D eigenvalue weighted by atomic mass is 9.99. The van der Waals surface area contributed by atoms with Crippen molar-refractivity contribution < 1.29 is 9.59 Å². The van der Waals surface area contributed by atoms with Crippen LogP contribution in [0.4, 0.5) is 4.79 Å². The van der Waals surface area contributed by atoms with Crippen molar-refractivity contribution in [2.75, 3.05) is 5.75 Å². The first-order chi connectivity index (χ1) is 11.6. The van der Waals surface area contributed by atoms with Gasteiger partial charge in [-0.25, -0.2) is 4.79 Å². The minimum Gasteiger partial charge on any atom is -0.351 e. The third kappa shape index (κ3) is 3.77. The van der Waals surface area contributed by atoms with Crippen LogP contribution in [0.15, 0.2) is 59.5 Å². The SMILES string of the molecule is NC(=O)NC(=O)[C@H](N[C@H]1CCSc2ccccc21)c1ccccc1. The molecule has 6 heteroatoms. The number of hydrogen-bond donors (Lipinski definition) is 3. The second-order valence-corrected chi connectivity index (χ2v) is 6.73. The second kappa shape index (κ2) is 7.51. The quantitative estimate of drug-likeness (QED) is 0.798. The smallest absolute Gasteiger partial charge is 0.318 e. The van der Waals surface area contributed by atoms with E-state index in [1.165, 1.54) is 10.5 Å². The summed E-state index contributed by atoms with van der Waals surface area (Å²) in [6.45, 7) is 0. The fourth-order valence-electron chi connectivity index (χ4n) is 2.88. The van der Waals surface area contributed by atoms with Gasteiger partial charge in [0.2, 0.25) is 5.91 Å². The molecule has 0 bridgehead atoms. The van der Waals surface area contributed by atoms with Crippen LogP contribution in [-0.2, 0) is 4.79 Å². The molecule has 3 rings (SSSR count). The predicted molar refractivity (Wildman–Crippen MR) is 94.6 cm³/mol. The van der Waals surface area contributed by atoms with Crippen LogP contribution in [0.5, 0.6) is 0 Å². The van der Waals surface area contributed by atoms with E-state index >= 15 is 0 Å². The zero-order valence-electron chi connectivity index (χ0n) is 13.1. The maximum absolute atomic E-state index is 12.5. The molecule has 1 heterocycles. The van der Waals surface area contributed by atoms with Crippen LogP contribution in [0, 0.1) is 0 Å². The topological polar surface area (TPSA) is 84.2 Å². The van der Waals surface area contributed by atoms with Crippen LogP contribution < -0.4 is 16.4 Å².